The summed E-state index contributed by atoms with van der Waals surface area (Å²) < 4.78 is 0. The van der Waals surface area contributed by atoms with E-state index in [0.717, 1.165) is 18.4 Å². The van der Waals surface area contributed by atoms with Gasteiger partial charge in [-0.2, -0.15) is 0 Å². The van der Waals surface area contributed by atoms with Gasteiger partial charge in [0.1, 0.15) is 0 Å². The van der Waals surface area contributed by atoms with Crippen molar-refractivity contribution < 1.29 is 0 Å². The molecule has 0 aliphatic heterocycles. The maximum Gasteiger partial charge on any atom is 0.00474 e. The van der Waals surface area contributed by atoms with Crippen molar-refractivity contribution in [1.82, 2.24) is 10.2 Å². The SMILES string of the molecule is CCC(C)(CNC)CN(CCC(C)C)CCC(C)C. The Hall–Kier alpha value is -0.0800. The van der Waals surface area contributed by atoms with E-state index in [1.165, 1.54) is 38.9 Å². The summed E-state index contributed by atoms with van der Waals surface area (Å²) in [6.45, 7) is 18.9. The van der Waals surface area contributed by atoms with Gasteiger partial charge < -0.3 is 10.2 Å². The van der Waals surface area contributed by atoms with Gasteiger partial charge in [-0.25, -0.2) is 0 Å². The van der Waals surface area contributed by atoms with Crippen molar-refractivity contribution in [1.29, 1.82) is 0 Å². The third-order valence-electron chi connectivity index (χ3n) is 4.11. The summed E-state index contributed by atoms with van der Waals surface area (Å²) in [7, 11) is 2.07. The van der Waals surface area contributed by atoms with Crippen LogP contribution in [0.2, 0.25) is 0 Å². The first-order valence-electron chi connectivity index (χ1n) is 8.20. The lowest BCUT2D eigenvalue weighted by Gasteiger charge is -2.35. The number of nitrogens with zero attached hydrogens (tertiary/aromatic N) is 1. The van der Waals surface area contributed by atoms with Crippen LogP contribution in [0.4, 0.5) is 0 Å². The minimum absolute atomic E-state index is 0.405. The number of nitrogens with one attached hydrogen (secondary N) is 1. The van der Waals surface area contributed by atoms with Crippen LogP contribution in [0.15, 0.2) is 0 Å². The monoisotopic (exact) mass is 270 g/mol. The number of rotatable bonds is 11. The molecule has 0 aromatic rings. The predicted molar refractivity (Wildman–Crippen MR) is 87.7 cm³/mol. The summed E-state index contributed by atoms with van der Waals surface area (Å²) in [6.07, 6.45) is 3.88. The van der Waals surface area contributed by atoms with E-state index in [9.17, 15) is 0 Å². The molecule has 1 unspecified atom stereocenters. The van der Waals surface area contributed by atoms with Crippen LogP contribution in [0.1, 0.15) is 60.8 Å². The molecular weight excluding hydrogens is 232 g/mol. The van der Waals surface area contributed by atoms with Gasteiger partial charge in [0.15, 0.2) is 0 Å². The molecule has 0 saturated carbocycles. The van der Waals surface area contributed by atoms with Crippen molar-refractivity contribution >= 4 is 0 Å². The largest absolute Gasteiger partial charge is 0.319 e. The highest BCUT2D eigenvalue weighted by Crippen LogP contribution is 2.22. The van der Waals surface area contributed by atoms with Gasteiger partial charge >= 0.3 is 0 Å². The minimum Gasteiger partial charge on any atom is -0.319 e. The van der Waals surface area contributed by atoms with E-state index in [-0.39, 0.29) is 0 Å². The first-order valence-corrected chi connectivity index (χ1v) is 8.20. The second kappa shape index (κ2) is 9.77. The summed E-state index contributed by atoms with van der Waals surface area (Å²) in [5.41, 5.74) is 0.405. The predicted octanol–water partition coefficient (Wildman–Crippen LogP) is 4.02. The fourth-order valence-corrected chi connectivity index (χ4v) is 2.41. The highest BCUT2D eigenvalue weighted by atomic mass is 15.1. The molecule has 0 aliphatic rings. The normalized spacial score (nSPS) is 15.5. The lowest BCUT2D eigenvalue weighted by atomic mass is 9.86. The van der Waals surface area contributed by atoms with Gasteiger partial charge in [0.05, 0.1) is 0 Å². The lowest BCUT2D eigenvalue weighted by molar-refractivity contribution is 0.145. The molecule has 0 rings (SSSR count). The van der Waals surface area contributed by atoms with Gasteiger partial charge in [-0.3, -0.25) is 0 Å². The Labute approximate surface area is 122 Å². The Morgan fingerprint density at radius 1 is 1.00 bits per heavy atom. The smallest absolute Gasteiger partial charge is 0.00474 e. The highest BCUT2D eigenvalue weighted by molar-refractivity contribution is 4.79. The molecule has 2 nitrogen and oxygen atoms in total. The van der Waals surface area contributed by atoms with E-state index in [1.807, 2.05) is 0 Å². The molecule has 19 heavy (non-hydrogen) atoms. The first kappa shape index (κ1) is 18.9. The Morgan fingerprint density at radius 2 is 1.47 bits per heavy atom. The molecule has 0 amide bonds. The number of hydrogen-bond donors (Lipinski definition) is 1. The third-order valence-corrected chi connectivity index (χ3v) is 4.11. The minimum atomic E-state index is 0.405. The topological polar surface area (TPSA) is 15.3 Å². The first-order chi connectivity index (χ1) is 8.83. The van der Waals surface area contributed by atoms with E-state index < -0.39 is 0 Å². The summed E-state index contributed by atoms with van der Waals surface area (Å²) in [4.78, 5) is 2.70. The van der Waals surface area contributed by atoms with E-state index >= 15 is 0 Å². The molecule has 0 bridgehead atoms. The molecule has 0 fully saturated rings. The van der Waals surface area contributed by atoms with Crippen LogP contribution in [-0.4, -0.2) is 38.1 Å². The van der Waals surface area contributed by atoms with Gasteiger partial charge in [0.2, 0.25) is 0 Å². The summed E-state index contributed by atoms with van der Waals surface area (Å²) in [6, 6.07) is 0. The van der Waals surface area contributed by atoms with Crippen LogP contribution in [0, 0.1) is 17.3 Å². The third kappa shape index (κ3) is 9.45. The van der Waals surface area contributed by atoms with Gasteiger partial charge in [0.25, 0.3) is 0 Å². The van der Waals surface area contributed by atoms with Crippen LogP contribution >= 0.6 is 0 Å². The zero-order valence-corrected chi connectivity index (χ0v) is 14.6. The van der Waals surface area contributed by atoms with Crippen molar-refractivity contribution in [2.75, 3.05) is 33.2 Å². The van der Waals surface area contributed by atoms with Gasteiger partial charge in [-0.05, 0) is 56.7 Å². The summed E-state index contributed by atoms with van der Waals surface area (Å²) >= 11 is 0. The van der Waals surface area contributed by atoms with E-state index in [0.29, 0.717) is 5.41 Å². The highest BCUT2D eigenvalue weighted by Gasteiger charge is 2.24. The molecule has 0 heterocycles. The Balaban J connectivity index is 4.44. The molecule has 0 aromatic carbocycles. The second-order valence-corrected chi connectivity index (χ2v) is 7.34. The molecule has 1 N–H and O–H groups in total. The van der Waals surface area contributed by atoms with Crippen molar-refractivity contribution in [3.8, 4) is 0 Å². The van der Waals surface area contributed by atoms with Crippen LogP contribution in [0.25, 0.3) is 0 Å². The molecule has 0 aromatic heterocycles. The quantitative estimate of drug-likeness (QED) is 0.610. The van der Waals surface area contributed by atoms with Crippen molar-refractivity contribution in [3.05, 3.63) is 0 Å². The standard InChI is InChI=1S/C17H38N2/c1-8-17(6,13-18-7)14-19(11-9-15(2)3)12-10-16(4)5/h15-16,18H,8-14H2,1-7H3. The summed E-state index contributed by atoms with van der Waals surface area (Å²) in [5, 5.41) is 3.37. The molecule has 0 spiro atoms. The lowest BCUT2D eigenvalue weighted by Crippen LogP contribution is -2.42. The summed E-state index contributed by atoms with van der Waals surface area (Å²) in [5.74, 6) is 1.61. The molecule has 0 aliphatic carbocycles. The second-order valence-electron chi connectivity index (χ2n) is 7.34. The maximum absolute atomic E-state index is 3.37. The molecule has 2 heteroatoms. The van der Waals surface area contributed by atoms with Crippen LogP contribution < -0.4 is 5.32 Å². The van der Waals surface area contributed by atoms with Gasteiger partial charge in [-0.15, -0.1) is 0 Å². The van der Waals surface area contributed by atoms with Crippen LogP contribution in [-0.2, 0) is 0 Å². The zero-order valence-electron chi connectivity index (χ0n) is 14.6. The molecule has 0 radical (unpaired) electrons. The fourth-order valence-electron chi connectivity index (χ4n) is 2.41. The molecular formula is C17H38N2. The molecule has 116 valence electrons. The number of hydrogen-bond acceptors (Lipinski definition) is 2. The van der Waals surface area contributed by atoms with E-state index in [1.54, 1.807) is 0 Å². The Bertz CT molecular complexity index is 201. The molecule has 0 saturated heterocycles. The fraction of sp³-hybridized carbons (Fsp3) is 1.00. The van der Waals surface area contributed by atoms with Crippen molar-refractivity contribution in [2.45, 2.75) is 60.8 Å². The average molecular weight is 271 g/mol. The van der Waals surface area contributed by atoms with Crippen molar-refractivity contribution in [2.24, 2.45) is 17.3 Å². The zero-order chi connectivity index (χ0) is 14.9. The van der Waals surface area contributed by atoms with Gasteiger partial charge in [0, 0.05) is 13.1 Å². The van der Waals surface area contributed by atoms with E-state index in [4.69, 9.17) is 0 Å². The Kier molecular flexibility index (Phi) is 9.72. The van der Waals surface area contributed by atoms with Crippen LogP contribution in [0.3, 0.4) is 0 Å². The van der Waals surface area contributed by atoms with E-state index in [2.05, 4.69) is 58.8 Å². The maximum atomic E-state index is 3.37. The van der Waals surface area contributed by atoms with Crippen LogP contribution in [0.5, 0.6) is 0 Å². The average Bonchev–Trinajstić information content (AvgIpc) is 2.32. The Morgan fingerprint density at radius 3 is 1.79 bits per heavy atom. The van der Waals surface area contributed by atoms with Gasteiger partial charge in [-0.1, -0.05) is 41.5 Å². The van der Waals surface area contributed by atoms with Crippen molar-refractivity contribution in [3.63, 3.8) is 0 Å². The molecule has 1 atom stereocenters.